The van der Waals surface area contributed by atoms with Gasteiger partial charge in [-0.3, -0.25) is 14.4 Å². The Morgan fingerprint density at radius 2 is 0.565 bits per heavy atom. The van der Waals surface area contributed by atoms with Gasteiger partial charge < -0.3 is 14.2 Å². The summed E-state index contributed by atoms with van der Waals surface area (Å²) in [7, 11) is 0. The lowest BCUT2D eigenvalue weighted by Gasteiger charge is -2.18. The van der Waals surface area contributed by atoms with Crippen molar-refractivity contribution >= 4 is 17.9 Å². The third-order valence-corrected chi connectivity index (χ3v) is 12.7. The van der Waals surface area contributed by atoms with Gasteiger partial charge in [-0.2, -0.15) is 0 Å². The van der Waals surface area contributed by atoms with Gasteiger partial charge in [0.1, 0.15) is 13.2 Å². The highest BCUT2D eigenvalue weighted by Crippen LogP contribution is 2.16. The van der Waals surface area contributed by atoms with E-state index in [0.29, 0.717) is 19.3 Å². The number of allylic oxidation sites excluding steroid dienone is 12. The third kappa shape index (κ3) is 55.6. The minimum atomic E-state index is -0.790. The highest BCUT2D eigenvalue weighted by atomic mass is 16.6. The van der Waals surface area contributed by atoms with Crippen molar-refractivity contribution in [1.82, 2.24) is 0 Å². The maximum atomic E-state index is 12.9. The van der Waals surface area contributed by atoms with Crippen LogP contribution in [0.5, 0.6) is 0 Å². The fraction of sp³-hybridized carbons (Fsp3) is 0.762. The number of esters is 3. The van der Waals surface area contributed by atoms with E-state index in [9.17, 15) is 14.4 Å². The Morgan fingerprint density at radius 3 is 0.913 bits per heavy atom. The lowest BCUT2D eigenvalue weighted by Crippen LogP contribution is -2.30. The molecule has 69 heavy (non-hydrogen) atoms. The highest BCUT2D eigenvalue weighted by Gasteiger charge is 2.19. The summed E-state index contributed by atoms with van der Waals surface area (Å²) < 4.78 is 16.9. The summed E-state index contributed by atoms with van der Waals surface area (Å²) in [5.41, 5.74) is 0. The van der Waals surface area contributed by atoms with Crippen LogP contribution in [0.3, 0.4) is 0 Å². The van der Waals surface area contributed by atoms with Gasteiger partial charge in [0.25, 0.3) is 0 Å². The van der Waals surface area contributed by atoms with E-state index in [1.807, 2.05) is 0 Å². The van der Waals surface area contributed by atoms with Crippen LogP contribution in [0.2, 0.25) is 0 Å². The van der Waals surface area contributed by atoms with Crippen molar-refractivity contribution in [2.75, 3.05) is 13.2 Å². The number of ether oxygens (including phenoxy) is 3. The first-order valence-corrected chi connectivity index (χ1v) is 29.4. The number of carbonyl (C=O) groups is 3. The first-order valence-electron chi connectivity index (χ1n) is 29.4. The molecule has 0 aromatic heterocycles. The summed E-state index contributed by atoms with van der Waals surface area (Å²) in [6, 6.07) is 0. The molecule has 398 valence electrons. The molecule has 0 aromatic carbocycles. The topological polar surface area (TPSA) is 78.9 Å². The molecule has 0 heterocycles. The van der Waals surface area contributed by atoms with E-state index in [1.54, 1.807) is 0 Å². The van der Waals surface area contributed by atoms with Gasteiger partial charge in [0.2, 0.25) is 0 Å². The average Bonchev–Trinajstić information content (AvgIpc) is 3.35. The van der Waals surface area contributed by atoms with Gasteiger partial charge in [0, 0.05) is 19.3 Å². The average molecular weight is 964 g/mol. The van der Waals surface area contributed by atoms with Crippen LogP contribution in [0.15, 0.2) is 72.9 Å². The Balaban J connectivity index is 4.41. The smallest absolute Gasteiger partial charge is 0.306 e. The van der Waals surface area contributed by atoms with Crippen molar-refractivity contribution in [1.29, 1.82) is 0 Å². The maximum absolute atomic E-state index is 12.9. The number of hydrogen-bond acceptors (Lipinski definition) is 6. The predicted octanol–water partition coefficient (Wildman–Crippen LogP) is 19.8. The van der Waals surface area contributed by atoms with Crippen molar-refractivity contribution < 1.29 is 28.6 Å². The van der Waals surface area contributed by atoms with E-state index < -0.39 is 6.10 Å². The monoisotopic (exact) mass is 963 g/mol. The molecule has 6 heteroatoms. The van der Waals surface area contributed by atoms with Crippen molar-refractivity contribution in [3.63, 3.8) is 0 Å². The Labute approximate surface area is 427 Å². The van der Waals surface area contributed by atoms with Crippen LogP contribution in [0, 0.1) is 0 Å². The summed E-state index contributed by atoms with van der Waals surface area (Å²) >= 11 is 0. The van der Waals surface area contributed by atoms with Crippen molar-refractivity contribution in [3.05, 3.63) is 72.9 Å². The second kappa shape index (κ2) is 57.4. The lowest BCUT2D eigenvalue weighted by atomic mass is 10.0. The van der Waals surface area contributed by atoms with Gasteiger partial charge in [0.15, 0.2) is 6.10 Å². The molecule has 0 bridgehead atoms. The molecule has 0 radical (unpaired) electrons. The van der Waals surface area contributed by atoms with E-state index in [2.05, 4.69) is 93.7 Å². The zero-order valence-corrected chi connectivity index (χ0v) is 45.6. The molecule has 0 saturated carbocycles. The molecule has 0 N–H and O–H groups in total. The number of hydrogen-bond donors (Lipinski definition) is 0. The second-order valence-electron chi connectivity index (χ2n) is 19.5. The van der Waals surface area contributed by atoms with Crippen LogP contribution in [-0.2, 0) is 28.6 Å². The molecule has 1 atom stereocenters. The molecular formula is C63H110O6. The van der Waals surface area contributed by atoms with Gasteiger partial charge in [-0.25, -0.2) is 0 Å². The van der Waals surface area contributed by atoms with Crippen LogP contribution < -0.4 is 0 Å². The highest BCUT2D eigenvalue weighted by molar-refractivity contribution is 5.71. The minimum Gasteiger partial charge on any atom is -0.462 e. The second-order valence-corrected chi connectivity index (χ2v) is 19.5. The standard InChI is InChI=1S/C63H110O6/c1-4-7-10-13-16-19-22-25-28-30-31-33-36-39-42-45-48-51-54-57-63(66)69-60(58-67-61(64)55-52-49-46-43-40-37-34-27-24-21-18-15-12-9-6-3)59-68-62(65)56-53-50-47-44-41-38-35-32-29-26-23-20-17-14-11-8-5-2/h8,11,17-18,20-21,26-27,29,34-35,38,60H,4-7,9-10,12-16,19,22-25,28,30-33,36-37,39-59H2,1-3H3/b11-8-,20-17-,21-18-,29-26-,34-27-,38-35-/t60-/m0/s1. The molecule has 0 fully saturated rings. The van der Waals surface area contributed by atoms with E-state index in [0.717, 1.165) is 116 Å². The molecule has 0 aliphatic carbocycles. The van der Waals surface area contributed by atoms with Gasteiger partial charge in [-0.15, -0.1) is 0 Å². The first kappa shape index (κ1) is 65.8. The molecule has 0 spiro atoms. The molecule has 6 nitrogen and oxygen atoms in total. The summed E-state index contributed by atoms with van der Waals surface area (Å²) in [4.78, 5) is 38.2. The Morgan fingerprint density at radius 1 is 0.304 bits per heavy atom. The van der Waals surface area contributed by atoms with E-state index in [1.165, 1.54) is 135 Å². The van der Waals surface area contributed by atoms with Crippen molar-refractivity contribution in [3.8, 4) is 0 Å². The molecule has 0 amide bonds. The van der Waals surface area contributed by atoms with Gasteiger partial charge in [-0.1, -0.05) is 254 Å². The van der Waals surface area contributed by atoms with E-state index >= 15 is 0 Å². The van der Waals surface area contributed by atoms with Crippen molar-refractivity contribution in [2.45, 2.75) is 297 Å². The molecule has 0 unspecified atom stereocenters. The Kier molecular flexibility index (Phi) is 54.8. The Hall–Kier alpha value is -3.15. The summed E-state index contributed by atoms with van der Waals surface area (Å²) in [5.74, 6) is -0.913. The number of carbonyl (C=O) groups excluding carboxylic acids is 3. The molecule has 0 aliphatic heterocycles. The fourth-order valence-corrected chi connectivity index (χ4v) is 8.29. The predicted molar refractivity (Wildman–Crippen MR) is 298 cm³/mol. The van der Waals surface area contributed by atoms with Crippen LogP contribution in [0.25, 0.3) is 0 Å². The van der Waals surface area contributed by atoms with Crippen LogP contribution in [-0.4, -0.2) is 37.2 Å². The van der Waals surface area contributed by atoms with Gasteiger partial charge >= 0.3 is 17.9 Å². The maximum Gasteiger partial charge on any atom is 0.306 e. The van der Waals surface area contributed by atoms with Crippen molar-refractivity contribution in [2.24, 2.45) is 0 Å². The van der Waals surface area contributed by atoms with Gasteiger partial charge in [-0.05, 0) is 89.9 Å². The zero-order chi connectivity index (χ0) is 50.0. The molecular weight excluding hydrogens is 853 g/mol. The molecule has 0 aromatic rings. The van der Waals surface area contributed by atoms with Crippen LogP contribution in [0.4, 0.5) is 0 Å². The summed E-state index contributed by atoms with van der Waals surface area (Å²) in [5, 5.41) is 0. The first-order chi connectivity index (χ1) is 34.0. The molecule has 0 aliphatic rings. The fourth-order valence-electron chi connectivity index (χ4n) is 8.29. The zero-order valence-electron chi connectivity index (χ0n) is 45.6. The normalized spacial score (nSPS) is 12.6. The molecule has 0 rings (SSSR count). The summed E-state index contributed by atoms with van der Waals surface area (Å²) in [6.45, 7) is 6.50. The lowest BCUT2D eigenvalue weighted by molar-refractivity contribution is -0.167. The van der Waals surface area contributed by atoms with E-state index in [4.69, 9.17) is 14.2 Å². The quantitative estimate of drug-likeness (QED) is 0.0262. The van der Waals surface area contributed by atoms with Gasteiger partial charge in [0.05, 0.1) is 0 Å². The summed E-state index contributed by atoms with van der Waals surface area (Å²) in [6.07, 6.45) is 73.2. The Bertz CT molecular complexity index is 1290. The third-order valence-electron chi connectivity index (χ3n) is 12.7. The number of rotatable bonds is 53. The van der Waals surface area contributed by atoms with Crippen LogP contribution in [0.1, 0.15) is 290 Å². The largest absolute Gasteiger partial charge is 0.462 e. The SMILES string of the molecule is CC/C=C\C/C=C\C/C=C\C/C=C\CCCCCCC(=O)OC[C@H](COC(=O)CCCCCCC/C=C\C/C=C\CCCCC)OC(=O)CCCCCCCCCCCCCCCCCCCCC. The molecule has 0 saturated heterocycles. The number of unbranched alkanes of at least 4 members (excludes halogenated alkanes) is 30. The minimum absolute atomic E-state index is 0.0887. The van der Waals surface area contributed by atoms with Crippen LogP contribution >= 0.6 is 0 Å². The van der Waals surface area contributed by atoms with E-state index in [-0.39, 0.29) is 31.1 Å².